The van der Waals surface area contributed by atoms with Gasteiger partial charge in [-0.15, -0.1) is 24.0 Å². The van der Waals surface area contributed by atoms with Gasteiger partial charge in [-0.3, -0.25) is 9.79 Å². The van der Waals surface area contributed by atoms with Gasteiger partial charge in [0.25, 0.3) is 0 Å². The average molecular weight is 490 g/mol. The molecule has 26 heavy (non-hydrogen) atoms. The van der Waals surface area contributed by atoms with Gasteiger partial charge >= 0.3 is 0 Å². The first-order valence-corrected chi connectivity index (χ1v) is 10.0. The van der Waals surface area contributed by atoms with Crippen molar-refractivity contribution in [2.45, 2.75) is 50.8 Å². The molecule has 7 heteroatoms. The smallest absolute Gasteiger partial charge is 0.224 e. The lowest BCUT2D eigenvalue weighted by Gasteiger charge is -2.24. The number of carbonyl (C=O) groups excluding carboxylic acids is 1. The predicted octanol–water partition coefficient (Wildman–Crippen LogP) is 3.99. The number of halogens is 1. The zero-order valence-electron chi connectivity index (χ0n) is 15.9. The Hall–Kier alpha value is -0.960. The number of hydrogen-bond donors (Lipinski definition) is 3. The van der Waals surface area contributed by atoms with E-state index < -0.39 is 0 Å². The quantitative estimate of drug-likeness (QED) is 0.307. The summed E-state index contributed by atoms with van der Waals surface area (Å²) in [5.41, 5.74) is 1.95. The number of amides is 1. The highest BCUT2D eigenvalue weighted by Gasteiger charge is 2.29. The van der Waals surface area contributed by atoms with Crippen molar-refractivity contribution >= 4 is 53.3 Å². The maximum absolute atomic E-state index is 11.7. The molecule has 2 rings (SSSR count). The molecule has 146 valence electrons. The number of rotatable bonds is 7. The Morgan fingerprint density at radius 1 is 1.35 bits per heavy atom. The minimum Gasteiger partial charge on any atom is -0.355 e. The zero-order valence-corrected chi connectivity index (χ0v) is 19.1. The molecule has 1 aromatic rings. The van der Waals surface area contributed by atoms with Gasteiger partial charge in [-0.25, -0.2) is 0 Å². The van der Waals surface area contributed by atoms with Crippen molar-refractivity contribution in [2.24, 2.45) is 4.99 Å². The Bertz CT molecular complexity index is 603. The molecule has 5 nitrogen and oxygen atoms in total. The molecule has 0 radical (unpaired) electrons. The molecule has 0 spiro atoms. The van der Waals surface area contributed by atoms with E-state index in [1.807, 2.05) is 43.0 Å². The summed E-state index contributed by atoms with van der Waals surface area (Å²) in [5, 5.41) is 9.72. The molecule has 1 aliphatic rings. The Morgan fingerprint density at radius 3 is 2.81 bits per heavy atom. The number of nitrogens with one attached hydrogen (secondary N) is 3. The van der Waals surface area contributed by atoms with E-state index >= 15 is 0 Å². The summed E-state index contributed by atoms with van der Waals surface area (Å²) in [6, 6.07) is 7.93. The third kappa shape index (κ3) is 7.73. The van der Waals surface area contributed by atoms with Gasteiger partial charge in [0, 0.05) is 37.0 Å². The molecule has 1 atom stereocenters. The molecule has 1 saturated heterocycles. The van der Waals surface area contributed by atoms with Crippen LogP contribution in [0.2, 0.25) is 0 Å². The number of anilines is 1. The van der Waals surface area contributed by atoms with Gasteiger partial charge in [-0.1, -0.05) is 19.1 Å². The van der Waals surface area contributed by atoms with Gasteiger partial charge in [-0.2, -0.15) is 11.8 Å². The van der Waals surface area contributed by atoms with E-state index in [-0.39, 0.29) is 29.9 Å². The van der Waals surface area contributed by atoms with E-state index in [0.29, 0.717) is 17.7 Å². The number of carbonyl (C=O) groups is 1. The lowest BCUT2D eigenvalue weighted by molar-refractivity contribution is -0.116. The summed E-state index contributed by atoms with van der Waals surface area (Å²) in [5.74, 6) is 2.13. The van der Waals surface area contributed by atoms with E-state index in [1.165, 1.54) is 18.6 Å². The van der Waals surface area contributed by atoms with E-state index in [2.05, 4.69) is 27.9 Å². The van der Waals surface area contributed by atoms with Gasteiger partial charge < -0.3 is 16.0 Å². The number of guanidine groups is 1. The topological polar surface area (TPSA) is 65.5 Å². The second kappa shape index (κ2) is 11.7. The molecule has 1 fully saturated rings. The Balaban J connectivity index is 0.00000338. The van der Waals surface area contributed by atoms with E-state index in [4.69, 9.17) is 0 Å². The fourth-order valence-electron chi connectivity index (χ4n) is 2.86. The van der Waals surface area contributed by atoms with Crippen LogP contribution in [0.25, 0.3) is 0 Å². The van der Waals surface area contributed by atoms with Crippen molar-refractivity contribution in [2.75, 3.05) is 24.7 Å². The van der Waals surface area contributed by atoms with Crippen molar-refractivity contribution < 1.29 is 4.79 Å². The molecule has 0 bridgehead atoms. The van der Waals surface area contributed by atoms with Crippen LogP contribution in [0, 0.1) is 0 Å². The lowest BCUT2D eigenvalue weighted by atomic mass is 10.1. The first kappa shape index (κ1) is 23.1. The summed E-state index contributed by atoms with van der Waals surface area (Å²) in [6.07, 6.45) is 3.95. The van der Waals surface area contributed by atoms with Crippen molar-refractivity contribution in [3.05, 3.63) is 29.8 Å². The van der Waals surface area contributed by atoms with Crippen LogP contribution in [0.1, 0.15) is 45.1 Å². The van der Waals surface area contributed by atoms with Gasteiger partial charge in [0.2, 0.25) is 5.91 Å². The largest absolute Gasteiger partial charge is 0.355 e. The van der Waals surface area contributed by atoms with Crippen molar-refractivity contribution in [1.82, 2.24) is 10.6 Å². The van der Waals surface area contributed by atoms with Crippen LogP contribution < -0.4 is 16.0 Å². The summed E-state index contributed by atoms with van der Waals surface area (Å²) in [7, 11) is 1.79. The number of aliphatic imine (C=N–C) groups is 1. The van der Waals surface area contributed by atoms with Gasteiger partial charge in [0.1, 0.15) is 0 Å². The highest BCUT2D eigenvalue weighted by Crippen LogP contribution is 2.36. The average Bonchev–Trinajstić information content (AvgIpc) is 3.02. The van der Waals surface area contributed by atoms with Crippen LogP contribution >= 0.6 is 35.7 Å². The zero-order chi connectivity index (χ0) is 18.1. The van der Waals surface area contributed by atoms with Crippen molar-refractivity contribution in [3.8, 4) is 0 Å². The number of benzene rings is 1. The fraction of sp³-hybridized carbons (Fsp3) is 0.579. The summed E-state index contributed by atoms with van der Waals surface area (Å²) < 4.78 is 0.307. The predicted molar refractivity (Wildman–Crippen MR) is 124 cm³/mol. The summed E-state index contributed by atoms with van der Waals surface area (Å²) >= 11 is 2.04. The summed E-state index contributed by atoms with van der Waals surface area (Å²) in [6.45, 7) is 5.90. The van der Waals surface area contributed by atoms with Crippen LogP contribution in [0.4, 0.5) is 5.69 Å². The van der Waals surface area contributed by atoms with Crippen LogP contribution in [-0.4, -0.2) is 36.0 Å². The highest BCUT2D eigenvalue weighted by molar-refractivity contribution is 14.0. The molecule has 1 aromatic carbocycles. The molecule has 1 amide bonds. The van der Waals surface area contributed by atoms with Crippen LogP contribution in [0.15, 0.2) is 29.3 Å². The summed E-state index contributed by atoms with van der Waals surface area (Å²) in [4.78, 5) is 16.0. The first-order chi connectivity index (χ1) is 12.0. The standard InChI is InChI=1S/C19H30N4OS.HI/c1-4-7-17(24)23-16-9-5-8-15(12-16)13-21-18(20-3)22-14-19(2)10-6-11-25-19;/h5,8-9,12H,4,6-7,10-11,13-14H2,1-3H3,(H,23,24)(H2,20,21,22);1H. The molecule has 3 N–H and O–H groups in total. The van der Waals surface area contributed by atoms with E-state index in [0.717, 1.165) is 30.2 Å². The number of nitrogens with zero attached hydrogens (tertiary/aromatic N) is 1. The van der Waals surface area contributed by atoms with Crippen LogP contribution in [0.5, 0.6) is 0 Å². The molecule has 1 unspecified atom stereocenters. The number of thioether (sulfide) groups is 1. The number of hydrogen-bond acceptors (Lipinski definition) is 3. The molecular weight excluding hydrogens is 459 g/mol. The fourth-order valence-corrected chi connectivity index (χ4v) is 4.11. The monoisotopic (exact) mass is 490 g/mol. The molecular formula is C19H31IN4OS. The second-order valence-corrected chi connectivity index (χ2v) is 8.36. The van der Waals surface area contributed by atoms with Crippen molar-refractivity contribution in [1.29, 1.82) is 0 Å². The molecule has 0 saturated carbocycles. The second-order valence-electron chi connectivity index (χ2n) is 6.68. The normalized spacial score (nSPS) is 19.6. The maximum atomic E-state index is 11.7. The Morgan fingerprint density at radius 2 is 2.15 bits per heavy atom. The lowest BCUT2D eigenvalue weighted by Crippen LogP contribution is -2.43. The van der Waals surface area contributed by atoms with Gasteiger partial charge in [-0.05, 0) is 49.6 Å². The molecule has 0 aromatic heterocycles. The van der Waals surface area contributed by atoms with Crippen LogP contribution in [-0.2, 0) is 11.3 Å². The third-order valence-corrected chi connectivity index (χ3v) is 5.84. The van der Waals surface area contributed by atoms with Crippen molar-refractivity contribution in [3.63, 3.8) is 0 Å². The van der Waals surface area contributed by atoms with Gasteiger partial charge in [0.15, 0.2) is 5.96 Å². The third-order valence-electron chi connectivity index (χ3n) is 4.30. The Labute approximate surface area is 178 Å². The molecule has 1 heterocycles. The van der Waals surface area contributed by atoms with Crippen LogP contribution in [0.3, 0.4) is 0 Å². The molecule has 1 aliphatic heterocycles. The molecule has 0 aliphatic carbocycles. The van der Waals surface area contributed by atoms with Gasteiger partial charge in [0.05, 0.1) is 0 Å². The maximum Gasteiger partial charge on any atom is 0.224 e. The van der Waals surface area contributed by atoms with E-state index in [9.17, 15) is 4.79 Å². The minimum atomic E-state index is 0. The van der Waals surface area contributed by atoms with E-state index in [1.54, 1.807) is 7.05 Å². The Kier molecular flexibility index (Phi) is 10.4. The first-order valence-electron chi connectivity index (χ1n) is 9.02. The minimum absolute atomic E-state index is 0. The SMILES string of the molecule is CCCC(=O)Nc1cccc(CNC(=NC)NCC2(C)CCCS2)c1.I. The highest BCUT2D eigenvalue weighted by atomic mass is 127.